The van der Waals surface area contributed by atoms with E-state index >= 15 is 0 Å². The maximum absolute atomic E-state index is 12.7. The van der Waals surface area contributed by atoms with Gasteiger partial charge in [-0.15, -0.1) is 0 Å². The molecule has 0 saturated carbocycles. The summed E-state index contributed by atoms with van der Waals surface area (Å²) >= 11 is 0. The van der Waals surface area contributed by atoms with Crippen LogP contribution in [0.3, 0.4) is 0 Å². The first kappa shape index (κ1) is 18.4. The second kappa shape index (κ2) is 7.97. The lowest BCUT2D eigenvalue weighted by Gasteiger charge is -2.52. The highest BCUT2D eigenvalue weighted by molar-refractivity contribution is 5.78. The van der Waals surface area contributed by atoms with Gasteiger partial charge in [0.15, 0.2) is 0 Å². The lowest BCUT2D eigenvalue weighted by molar-refractivity contribution is -0.146. The molecule has 4 rings (SSSR count). The maximum atomic E-state index is 12.7. The number of carbonyl (C=O) groups is 2. The van der Waals surface area contributed by atoms with Crippen LogP contribution in [0.25, 0.3) is 0 Å². The number of amides is 2. The van der Waals surface area contributed by atoms with Gasteiger partial charge in [0.1, 0.15) is 0 Å². The summed E-state index contributed by atoms with van der Waals surface area (Å²) in [6.07, 6.45) is 6.68. The zero-order chi connectivity index (χ0) is 18.8. The Morgan fingerprint density at radius 2 is 2.19 bits per heavy atom. The van der Waals surface area contributed by atoms with Gasteiger partial charge in [0.05, 0.1) is 6.54 Å². The van der Waals surface area contributed by atoms with Crippen LogP contribution < -0.4 is 0 Å². The summed E-state index contributed by atoms with van der Waals surface area (Å²) in [6, 6.07) is 6.30. The largest absolute Gasteiger partial charge is 0.344 e. The SMILES string of the molecule is CN(CCc1ccccn1)C(=O)CN1C[C@H]2C[C@H](C1)[C@H]1CCCC(=O)N1C2. The number of aromatic nitrogens is 1. The molecule has 2 bridgehead atoms. The summed E-state index contributed by atoms with van der Waals surface area (Å²) in [5.74, 6) is 1.59. The number of pyridine rings is 1. The Bertz CT molecular complexity index is 680. The van der Waals surface area contributed by atoms with Gasteiger partial charge < -0.3 is 9.80 Å². The summed E-state index contributed by atoms with van der Waals surface area (Å²) in [4.78, 5) is 35.6. The third-order valence-electron chi connectivity index (χ3n) is 6.47. The standard InChI is InChI=1S/C21H30N4O2/c1-23(10-8-18-5-2-3-9-22-18)21(27)15-24-12-16-11-17(14-24)19-6-4-7-20(26)25(19)13-16/h2-3,5,9,16-17,19H,4,6-8,10-15H2,1H3/t16-,17-,19-/m1/s1. The summed E-state index contributed by atoms with van der Waals surface area (Å²) in [5.41, 5.74) is 1.02. The lowest BCUT2D eigenvalue weighted by Crippen LogP contribution is -2.61. The van der Waals surface area contributed by atoms with Crippen LogP contribution in [0.15, 0.2) is 24.4 Å². The van der Waals surface area contributed by atoms with Crippen LogP contribution in [0, 0.1) is 11.8 Å². The van der Waals surface area contributed by atoms with Gasteiger partial charge in [0.25, 0.3) is 0 Å². The average molecular weight is 370 g/mol. The van der Waals surface area contributed by atoms with Crippen molar-refractivity contribution in [2.45, 2.75) is 38.1 Å². The summed E-state index contributed by atoms with van der Waals surface area (Å²) < 4.78 is 0. The van der Waals surface area contributed by atoms with Crippen LogP contribution in [-0.4, -0.2) is 77.3 Å². The fourth-order valence-electron chi connectivity index (χ4n) is 5.11. The third kappa shape index (κ3) is 4.15. The van der Waals surface area contributed by atoms with E-state index in [9.17, 15) is 9.59 Å². The second-order valence-electron chi connectivity index (χ2n) is 8.45. The molecule has 27 heavy (non-hydrogen) atoms. The first-order valence-electron chi connectivity index (χ1n) is 10.3. The van der Waals surface area contributed by atoms with Gasteiger partial charge in [-0.25, -0.2) is 0 Å². The molecule has 3 aliphatic heterocycles. The van der Waals surface area contributed by atoms with E-state index in [0.717, 1.165) is 51.0 Å². The first-order chi connectivity index (χ1) is 13.1. The molecule has 6 heteroatoms. The number of piperidine rings is 3. The predicted molar refractivity (Wildman–Crippen MR) is 103 cm³/mol. The van der Waals surface area contributed by atoms with E-state index in [1.165, 1.54) is 6.42 Å². The lowest BCUT2D eigenvalue weighted by atomic mass is 9.76. The van der Waals surface area contributed by atoms with Crippen molar-refractivity contribution in [1.29, 1.82) is 0 Å². The van der Waals surface area contributed by atoms with Gasteiger partial charge >= 0.3 is 0 Å². The molecular weight excluding hydrogens is 340 g/mol. The summed E-state index contributed by atoms with van der Waals surface area (Å²) in [6.45, 7) is 3.96. The van der Waals surface area contributed by atoms with Crippen LogP contribution in [0.5, 0.6) is 0 Å². The van der Waals surface area contributed by atoms with Crippen LogP contribution >= 0.6 is 0 Å². The number of carbonyl (C=O) groups excluding carboxylic acids is 2. The van der Waals surface area contributed by atoms with Crippen molar-refractivity contribution in [3.63, 3.8) is 0 Å². The minimum absolute atomic E-state index is 0.183. The van der Waals surface area contributed by atoms with Gasteiger partial charge in [0.2, 0.25) is 11.8 Å². The summed E-state index contributed by atoms with van der Waals surface area (Å²) in [5, 5.41) is 0. The number of rotatable bonds is 5. The number of likely N-dealkylation sites (tertiary alicyclic amines) is 1. The molecule has 0 unspecified atom stereocenters. The van der Waals surface area contributed by atoms with E-state index in [0.29, 0.717) is 36.9 Å². The molecule has 0 aromatic carbocycles. The highest BCUT2D eigenvalue weighted by Gasteiger charge is 2.44. The fourth-order valence-corrected chi connectivity index (χ4v) is 5.11. The van der Waals surface area contributed by atoms with Gasteiger partial charge in [0, 0.05) is 64.0 Å². The highest BCUT2D eigenvalue weighted by Crippen LogP contribution is 2.37. The van der Waals surface area contributed by atoms with E-state index in [4.69, 9.17) is 0 Å². The normalized spacial score (nSPS) is 28.0. The van der Waals surface area contributed by atoms with Crippen molar-refractivity contribution in [3.05, 3.63) is 30.1 Å². The Morgan fingerprint density at radius 3 is 3.00 bits per heavy atom. The van der Waals surface area contributed by atoms with Crippen LogP contribution in [0.1, 0.15) is 31.4 Å². The molecule has 6 nitrogen and oxygen atoms in total. The molecule has 3 fully saturated rings. The van der Waals surface area contributed by atoms with Crippen molar-refractivity contribution >= 4 is 11.8 Å². The zero-order valence-corrected chi connectivity index (χ0v) is 16.2. The van der Waals surface area contributed by atoms with Crippen LogP contribution in [-0.2, 0) is 16.0 Å². The molecule has 1 aromatic heterocycles. The molecule has 0 spiro atoms. The molecule has 0 aliphatic carbocycles. The van der Waals surface area contributed by atoms with Crippen molar-refractivity contribution in [1.82, 2.24) is 19.7 Å². The Kier molecular flexibility index (Phi) is 5.43. The Hall–Kier alpha value is -1.95. The quantitative estimate of drug-likeness (QED) is 0.787. The number of nitrogens with zero attached hydrogens (tertiary/aromatic N) is 4. The average Bonchev–Trinajstić information content (AvgIpc) is 2.67. The molecule has 3 atom stereocenters. The Labute approximate surface area is 161 Å². The first-order valence-corrected chi connectivity index (χ1v) is 10.3. The number of fused-ring (bicyclic) bond motifs is 4. The van der Waals surface area contributed by atoms with Crippen LogP contribution in [0.4, 0.5) is 0 Å². The van der Waals surface area contributed by atoms with E-state index in [-0.39, 0.29) is 5.91 Å². The highest BCUT2D eigenvalue weighted by atomic mass is 16.2. The van der Waals surface area contributed by atoms with E-state index in [1.807, 2.05) is 30.1 Å². The minimum Gasteiger partial charge on any atom is -0.344 e. The Morgan fingerprint density at radius 1 is 1.30 bits per heavy atom. The second-order valence-corrected chi connectivity index (χ2v) is 8.45. The monoisotopic (exact) mass is 370 g/mol. The molecule has 0 radical (unpaired) electrons. The van der Waals surface area contributed by atoms with Gasteiger partial charge in [-0.05, 0) is 43.2 Å². The third-order valence-corrected chi connectivity index (χ3v) is 6.47. The van der Waals surface area contributed by atoms with Gasteiger partial charge in [-0.2, -0.15) is 0 Å². The molecule has 1 aromatic rings. The van der Waals surface area contributed by atoms with Crippen molar-refractivity contribution in [2.75, 3.05) is 39.8 Å². The molecule has 2 amide bonds. The molecular formula is C21H30N4O2. The van der Waals surface area contributed by atoms with Crippen molar-refractivity contribution in [3.8, 4) is 0 Å². The van der Waals surface area contributed by atoms with E-state index < -0.39 is 0 Å². The molecule has 3 aliphatic rings. The minimum atomic E-state index is 0.183. The molecule has 4 heterocycles. The Balaban J connectivity index is 1.30. The molecule has 3 saturated heterocycles. The van der Waals surface area contributed by atoms with Crippen LogP contribution in [0.2, 0.25) is 0 Å². The van der Waals surface area contributed by atoms with Gasteiger partial charge in [-0.3, -0.25) is 19.5 Å². The zero-order valence-electron chi connectivity index (χ0n) is 16.2. The molecule has 146 valence electrons. The number of likely N-dealkylation sites (N-methyl/N-ethyl adjacent to an activating group) is 1. The topological polar surface area (TPSA) is 56.8 Å². The number of hydrogen-bond acceptors (Lipinski definition) is 4. The van der Waals surface area contributed by atoms with Crippen molar-refractivity contribution < 1.29 is 9.59 Å². The van der Waals surface area contributed by atoms with E-state index in [1.54, 1.807) is 6.20 Å². The smallest absolute Gasteiger partial charge is 0.236 e. The fraction of sp³-hybridized carbons (Fsp3) is 0.667. The van der Waals surface area contributed by atoms with E-state index in [2.05, 4.69) is 14.8 Å². The maximum Gasteiger partial charge on any atom is 0.236 e. The number of hydrogen-bond donors (Lipinski definition) is 0. The van der Waals surface area contributed by atoms with Crippen molar-refractivity contribution in [2.24, 2.45) is 11.8 Å². The molecule has 0 N–H and O–H groups in total. The predicted octanol–water partition coefficient (Wildman–Crippen LogP) is 1.42. The summed E-state index contributed by atoms with van der Waals surface area (Å²) in [7, 11) is 1.89. The van der Waals surface area contributed by atoms with Gasteiger partial charge in [-0.1, -0.05) is 6.07 Å².